The number of thiophene rings is 1. The summed E-state index contributed by atoms with van der Waals surface area (Å²) in [6, 6.07) is 4.18. The van der Waals surface area contributed by atoms with E-state index in [0.717, 1.165) is 10.4 Å². The summed E-state index contributed by atoms with van der Waals surface area (Å²) < 4.78 is 28.5. The van der Waals surface area contributed by atoms with E-state index < -0.39 is 17.7 Å². The Bertz CT molecular complexity index is 583. The van der Waals surface area contributed by atoms with Crippen LogP contribution in [0.1, 0.15) is 29.0 Å². The Morgan fingerprint density at radius 2 is 2.05 bits per heavy atom. The summed E-state index contributed by atoms with van der Waals surface area (Å²) in [5.74, 6) is -1.07. The summed E-state index contributed by atoms with van der Waals surface area (Å²) in [4.78, 5) is 0.942. The Hall–Kier alpha value is -0.780. The second-order valence-corrected chi connectivity index (χ2v) is 6.02. The topological polar surface area (TPSA) is 12.0 Å². The first-order valence-corrected chi connectivity index (χ1v) is 7.64. The second kappa shape index (κ2) is 6.11. The third kappa shape index (κ3) is 2.88. The van der Waals surface area contributed by atoms with Gasteiger partial charge in [-0.05, 0) is 58.5 Å². The molecule has 0 aliphatic carbocycles. The maximum absolute atomic E-state index is 14.2. The fourth-order valence-corrected chi connectivity index (χ4v) is 3.37. The van der Waals surface area contributed by atoms with Crippen LogP contribution in [0.15, 0.2) is 28.1 Å². The highest BCUT2D eigenvalue weighted by atomic mass is 79.9. The highest BCUT2D eigenvalue weighted by Gasteiger charge is 2.24. The predicted octanol–water partition coefficient (Wildman–Crippen LogP) is 4.80. The van der Waals surface area contributed by atoms with E-state index in [4.69, 9.17) is 0 Å². The first kappa shape index (κ1) is 14.6. The van der Waals surface area contributed by atoms with Gasteiger partial charge in [-0.3, -0.25) is 0 Å². The van der Waals surface area contributed by atoms with Crippen molar-refractivity contribution in [2.45, 2.75) is 19.9 Å². The van der Waals surface area contributed by atoms with E-state index >= 15 is 0 Å². The normalized spacial score (nSPS) is 12.7. The van der Waals surface area contributed by atoms with E-state index in [0.29, 0.717) is 6.54 Å². The van der Waals surface area contributed by atoms with Crippen molar-refractivity contribution in [1.82, 2.24) is 5.32 Å². The van der Waals surface area contributed by atoms with Gasteiger partial charge in [0.05, 0.1) is 10.5 Å². The molecule has 2 aromatic rings. The fraction of sp³-hybridized carbons (Fsp3) is 0.286. The minimum Gasteiger partial charge on any atom is -0.306 e. The molecule has 0 fully saturated rings. The quantitative estimate of drug-likeness (QED) is 0.785. The zero-order valence-electron chi connectivity index (χ0n) is 10.6. The molecule has 0 spiro atoms. The van der Waals surface area contributed by atoms with Crippen LogP contribution in [0.25, 0.3) is 0 Å². The van der Waals surface area contributed by atoms with Crippen LogP contribution >= 0.6 is 27.3 Å². The molecule has 1 heterocycles. The van der Waals surface area contributed by atoms with Gasteiger partial charge in [-0.25, -0.2) is 8.78 Å². The van der Waals surface area contributed by atoms with Gasteiger partial charge >= 0.3 is 0 Å². The molecule has 5 heteroatoms. The van der Waals surface area contributed by atoms with Gasteiger partial charge in [0.1, 0.15) is 11.6 Å². The summed E-state index contributed by atoms with van der Waals surface area (Å²) >= 11 is 4.62. The zero-order chi connectivity index (χ0) is 14.0. The Labute approximate surface area is 123 Å². The Morgan fingerprint density at radius 1 is 1.32 bits per heavy atom. The van der Waals surface area contributed by atoms with Crippen molar-refractivity contribution >= 4 is 27.3 Å². The molecule has 1 aromatic heterocycles. The molecular weight excluding hydrogens is 332 g/mol. The number of aryl methyl sites for hydroxylation is 1. The molecule has 1 nitrogen and oxygen atoms in total. The monoisotopic (exact) mass is 345 g/mol. The van der Waals surface area contributed by atoms with E-state index in [9.17, 15) is 8.78 Å². The fourth-order valence-electron chi connectivity index (χ4n) is 2.02. The lowest BCUT2D eigenvalue weighted by Gasteiger charge is -2.20. The summed E-state index contributed by atoms with van der Waals surface area (Å²) in [5, 5.41) is 5.09. The molecule has 2 rings (SSSR count). The summed E-state index contributed by atoms with van der Waals surface area (Å²) in [7, 11) is 0. The Morgan fingerprint density at radius 3 is 2.63 bits per heavy atom. The predicted molar refractivity (Wildman–Crippen MR) is 78.6 cm³/mol. The molecule has 0 amide bonds. The first-order chi connectivity index (χ1) is 9.06. The number of rotatable bonds is 4. The van der Waals surface area contributed by atoms with Gasteiger partial charge in [0, 0.05) is 10.4 Å². The Kier molecular flexibility index (Phi) is 4.71. The number of hydrogen-bond acceptors (Lipinski definition) is 2. The Balaban J connectivity index is 2.57. The molecular formula is C14H14BrF2NS. The lowest BCUT2D eigenvalue weighted by molar-refractivity contribution is 0.509. The second-order valence-electron chi connectivity index (χ2n) is 4.22. The van der Waals surface area contributed by atoms with Gasteiger partial charge < -0.3 is 5.32 Å². The molecule has 1 unspecified atom stereocenters. The lowest BCUT2D eigenvalue weighted by Crippen LogP contribution is -2.24. The van der Waals surface area contributed by atoms with E-state index in [1.165, 1.54) is 23.5 Å². The van der Waals surface area contributed by atoms with Crippen LogP contribution in [0.5, 0.6) is 0 Å². The largest absolute Gasteiger partial charge is 0.306 e. The summed E-state index contributed by atoms with van der Waals surface area (Å²) in [5.41, 5.74) is 1.11. The van der Waals surface area contributed by atoms with Crippen LogP contribution in [-0.2, 0) is 0 Å². The molecule has 1 aromatic carbocycles. The van der Waals surface area contributed by atoms with Crippen molar-refractivity contribution in [3.63, 3.8) is 0 Å². The van der Waals surface area contributed by atoms with Crippen LogP contribution in [-0.4, -0.2) is 6.54 Å². The maximum atomic E-state index is 14.2. The van der Waals surface area contributed by atoms with Gasteiger partial charge in [0.15, 0.2) is 0 Å². The maximum Gasteiger partial charge on any atom is 0.145 e. The van der Waals surface area contributed by atoms with Crippen LogP contribution in [0, 0.1) is 18.6 Å². The minimum atomic E-state index is -0.543. The van der Waals surface area contributed by atoms with Gasteiger partial charge in [-0.2, -0.15) is 0 Å². The average molecular weight is 346 g/mol. The molecule has 0 aliphatic rings. The van der Waals surface area contributed by atoms with Crippen molar-refractivity contribution in [3.8, 4) is 0 Å². The van der Waals surface area contributed by atoms with Gasteiger partial charge in [0.2, 0.25) is 0 Å². The molecule has 1 N–H and O–H groups in total. The summed E-state index contributed by atoms with van der Waals surface area (Å²) in [6.45, 7) is 4.50. The van der Waals surface area contributed by atoms with Crippen LogP contribution < -0.4 is 5.32 Å². The van der Waals surface area contributed by atoms with Crippen molar-refractivity contribution < 1.29 is 8.78 Å². The minimum absolute atomic E-state index is 0.0711. The first-order valence-electron chi connectivity index (χ1n) is 5.97. The number of hydrogen-bond donors (Lipinski definition) is 1. The molecule has 0 bridgehead atoms. The van der Waals surface area contributed by atoms with E-state index in [1.807, 2.05) is 25.3 Å². The van der Waals surface area contributed by atoms with Crippen LogP contribution in [0.3, 0.4) is 0 Å². The third-order valence-electron chi connectivity index (χ3n) is 2.94. The van der Waals surface area contributed by atoms with Gasteiger partial charge in [-0.15, -0.1) is 11.3 Å². The highest BCUT2D eigenvalue weighted by molar-refractivity contribution is 9.10. The van der Waals surface area contributed by atoms with Crippen LogP contribution in [0.4, 0.5) is 8.78 Å². The highest BCUT2D eigenvalue weighted by Crippen LogP contribution is 2.34. The van der Waals surface area contributed by atoms with Crippen molar-refractivity contribution in [1.29, 1.82) is 0 Å². The SMILES string of the molecule is CCNC(c1sccc1C)c1c(F)ccc(Br)c1F. The van der Waals surface area contributed by atoms with Crippen LogP contribution in [0.2, 0.25) is 0 Å². The molecule has 19 heavy (non-hydrogen) atoms. The molecule has 0 saturated carbocycles. The standard InChI is InChI=1S/C14H14BrF2NS/c1-3-18-13(14-8(2)6-7-19-14)11-10(16)5-4-9(15)12(11)17/h4-7,13,18H,3H2,1-2H3. The van der Waals surface area contributed by atoms with Gasteiger partial charge in [0.25, 0.3) is 0 Å². The number of benzene rings is 1. The molecule has 1 atom stereocenters. The number of halogens is 3. The molecule has 0 saturated heterocycles. The van der Waals surface area contributed by atoms with E-state index in [-0.39, 0.29) is 10.0 Å². The molecule has 102 valence electrons. The van der Waals surface area contributed by atoms with Gasteiger partial charge in [-0.1, -0.05) is 6.92 Å². The van der Waals surface area contributed by atoms with E-state index in [2.05, 4.69) is 21.2 Å². The average Bonchev–Trinajstić information content (AvgIpc) is 2.79. The molecule has 0 radical (unpaired) electrons. The van der Waals surface area contributed by atoms with Crippen molar-refractivity contribution in [2.75, 3.05) is 6.54 Å². The zero-order valence-corrected chi connectivity index (χ0v) is 13.0. The van der Waals surface area contributed by atoms with E-state index in [1.54, 1.807) is 0 Å². The third-order valence-corrected chi connectivity index (χ3v) is 4.64. The number of nitrogens with one attached hydrogen (secondary N) is 1. The molecule has 0 aliphatic heterocycles. The lowest BCUT2D eigenvalue weighted by atomic mass is 10.0. The smallest absolute Gasteiger partial charge is 0.145 e. The van der Waals surface area contributed by atoms with Crippen molar-refractivity contribution in [2.24, 2.45) is 0 Å². The van der Waals surface area contributed by atoms with Crippen molar-refractivity contribution in [3.05, 3.63) is 55.7 Å². The summed E-state index contributed by atoms with van der Waals surface area (Å²) in [6.07, 6.45) is 0.